The van der Waals surface area contributed by atoms with Crippen LogP contribution < -0.4 is 10.6 Å². The molecule has 0 bridgehead atoms. The molecule has 18 heavy (non-hydrogen) atoms. The van der Waals surface area contributed by atoms with Crippen molar-refractivity contribution in [2.45, 2.75) is 51.4 Å². The van der Waals surface area contributed by atoms with Crippen LogP contribution in [-0.4, -0.2) is 26.1 Å². The largest absolute Gasteiger partial charge is 0.356 e. The second-order valence-electron chi connectivity index (χ2n) is 5.62. The normalized spacial score (nSPS) is 21.3. The maximum atomic E-state index is 4.26. The van der Waals surface area contributed by atoms with Crippen molar-refractivity contribution in [2.24, 2.45) is 16.8 Å². The highest BCUT2D eigenvalue weighted by atomic mass is 127. The van der Waals surface area contributed by atoms with Crippen LogP contribution >= 0.6 is 24.0 Å². The van der Waals surface area contributed by atoms with Crippen LogP contribution in [0.15, 0.2) is 4.99 Å². The van der Waals surface area contributed by atoms with Gasteiger partial charge in [-0.2, -0.15) is 0 Å². The molecule has 0 spiro atoms. The minimum absolute atomic E-state index is 0. The van der Waals surface area contributed by atoms with Crippen molar-refractivity contribution < 1.29 is 0 Å². The average molecular weight is 365 g/mol. The van der Waals surface area contributed by atoms with Crippen LogP contribution in [0.3, 0.4) is 0 Å². The Labute approximate surface area is 129 Å². The Balaban J connectivity index is 0.00000162. The van der Waals surface area contributed by atoms with Crippen molar-refractivity contribution in [1.29, 1.82) is 0 Å². The summed E-state index contributed by atoms with van der Waals surface area (Å²) in [5.74, 6) is 2.86. The summed E-state index contributed by atoms with van der Waals surface area (Å²) in [6, 6.07) is 0. The zero-order chi connectivity index (χ0) is 11.9. The topological polar surface area (TPSA) is 36.4 Å². The van der Waals surface area contributed by atoms with Crippen molar-refractivity contribution in [3.63, 3.8) is 0 Å². The lowest BCUT2D eigenvalue weighted by atomic mass is 9.87. The molecule has 3 nitrogen and oxygen atoms in total. The van der Waals surface area contributed by atoms with Gasteiger partial charge < -0.3 is 10.6 Å². The summed E-state index contributed by atoms with van der Waals surface area (Å²) in [6.45, 7) is 2.18. The Bertz CT molecular complexity index is 245. The quantitative estimate of drug-likeness (QED) is 0.446. The Hall–Kier alpha value is 0. The van der Waals surface area contributed by atoms with Gasteiger partial charge in [0.05, 0.1) is 0 Å². The minimum Gasteiger partial charge on any atom is -0.356 e. The van der Waals surface area contributed by atoms with Crippen LogP contribution in [0.2, 0.25) is 0 Å². The van der Waals surface area contributed by atoms with E-state index in [1.54, 1.807) is 0 Å². The zero-order valence-corrected chi connectivity index (χ0v) is 13.9. The highest BCUT2D eigenvalue weighted by Gasteiger charge is 2.21. The molecule has 2 N–H and O–H groups in total. The molecule has 2 saturated carbocycles. The molecule has 4 heteroatoms. The van der Waals surface area contributed by atoms with E-state index in [-0.39, 0.29) is 24.0 Å². The molecule has 0 heterocycles. The van der Waals surface area contributed by atoms with Gasteiger partial charge in [-0.3, -0.25) is 4.99 Å². The molecule has 2 aliphatic rings. The Kier molecular flexibility index (Phi) is 8.02. The zero-order valence-electron chi connectivity index (χ0n) is 11.6. The standard InChI is InChI=1S/C14H27N3.HI/c1-15-14(17-11-13-7-8-13)16-10-9-12-5-3-2-4-6-12;/h12-13H,2-11H2,1H3,(H2,15,16,17);1H. The highest BCUT2D eigenvalue weighted by Crippen LogP contribution is 2.27. The van der Waals surface area contributed by atoms with Crippen molar-refractivity contribution in [3.8, 4) is 0 Å². The van der Waals surface area contributed by atoms with Crippen LogP contribution in [0.4, 0.5) is 0 Å². The van der Waals surface area contributed by atoms with Crippen molar-refractivity contribution in [3.05, 3.63) is 0 Å². The molecule has 0 aliphatic heterocycles. The molecule has 0 radical (unpaired) electrons. The van der Waals surface area contributed by atoms with Gasteiger partial charge in [0.25, 0.3) is 0 Å². The van der Waals surface area contributed by atoms with E-state index < -0.39 is 0 Å². The number of hydrogen-bond donors (Lipinski definition) is 2. The van der Waals surface area contributed by atoms with Crippen LogP contribution in [0.5, 0.6) is 0 Å². The molecule has 0 atom stereocenters. The smallest absolute Gasteiger partial charge is 0.190 e. The first-order chi connectivity index (χ1) is 8.38. The first-order valence-electron chi connectivity index (χ1n) is 7.33. The van der Waals surface area contributed by atoms with E-state index in [4.69, 9.17) is 0 Å². The number of nitrogens with zero attached hydrogens (tertiary/aromatic N) is 1. The van der Waals surface area contributed by atoms with Crippen LogP contribution in [0.25, 0.3) is 0 Å². The van der Waals surface area contributed by atoms with E-state index >= 15 is 0 Å². The molecule has 0 aromatic rings. The first-order valence-corrected chi connectivity index (χ1v) is 7.33. The molecular formula is C14H28IN3. The van der Waals surface area contributed by atoms with Gasteiger partial charge in [-0.25, -0.2) is 0 Å². The first kappa shape index (κ1) is 16.1. The van der Waals surface area contributed by atoms with Gasteiger partial charge in [0.15, 0.2) is 5.96 Å². The second kappa shape index (κ2) is 8.99. The van der Waals surface area contributed by atoms with Gasteiger partial charge in [-0.1, -0.05) is 32.1 Å². The molecule has 2 aliphatic carbocycles. The van der Waals surface area contributed by atoms with Gasteiger partial charge in [-0.15, -0.1) is 24.0 Å². The summed E-state index contributed by atoms with van der Waals surface area (Å²) < 4.78 is 0. The maximum absolute atomic E-state index is 4.26. The second-order valence-corrected chi connectivity index (χ2v) is 5.62. The molecule has 0 saturated heterocycles. The van der Waals surface area contributed by atoms with Crippen molar-refractivity contribution in [1.82, 2.24) is 10.6 Å². The van der Waals surface area contributed by atoms with Gasteiger partial charge >= 0.3 is 0 Å². The van der Waals surface area contributed by atoms with E-state index in [0.717, 1.165) is 30.9 Å². The van der Waals surface area contributed by atoms with Gasteiger partial charge in [0.1, 0.15) is 0 Å². The number of hydrogen-bond acceptors (Lipinski definition) is 1. The predicted molar refractivity (Wildman–Crippen MR) is 88.7 cm³/mol. The Morgan fingerprint density at radius 2 is 1.72 bits per heavy atom. The molecule has 2 rings (SSSR count). The van der Waals surface area contributed by atoms with Crippen LogP contribution in [0.1, 0.15) is 51.4 Å². The van der Waals surface area contributed by atoms with E-state index in [1.807, 2.05) is 7.05 Å². The lowest BCUT2D eigenvalue weighted by Crippen LogP contribution is -2.39. The summed E-state index contributed by atoms with van der Waals surface area (Å²) >= 11 is 0. The molecule has 0 amide bonds. The average Bonchev–Trinajstić information content (AvgIpc) is 3.19. The fourth-order valence-corrected chi connectivity index (χ4v) is 2.65. The lowest BCUT2D eigenvalue weighted by Gasteiger charge is -2.22. The number of guanidine groups is 1. The fourth-order valence-electron chi connectivity index (χ4n) is 2.65. The summed E-state index contributed by atoms with van der Waals surface area (Å²) in [4.78, 5) is 4.26. The summed E-state index contributed by atoms with van der Waals surface area (Å²) in [6.07, 6.45) is 11.3. The Morgan fingerprint density at radius 1 is 1.00 bits per heavy atom. The third-order valence-electron chi connectivity index (χ3n) is 4.05. The van der Waals surface area contributed by atoms with E-state index in [9.17, 15) is 0 Å². The maximum Gasteiger partial charge on any atom is 0.190 e. The fraction of sp³-hybridized carbons (Fsp3) is 0.929. The number of aliphatic imine (C=N–C) groups is 1. The molecular weight excluding hydrogens is 337 g/mol. The van der Waals surface area contributed by atoms with Crippen LogP contribution in [0, 0.1) is 11.8 Å². The molecule has 0 aromatic heterocycles. The predicted octanol–water partition coefficient (Wildman–Crippen LogP) is 3.15. The third-order valence-corrected chi connectivity index (χ3v) is 4.05. The Morgan fingerprint density at radius 3 is 2.33 bits per heavy atom. The molecule has 0 unspecified atom stereocenters. The van der Waals surface area contributed by atoms with E-state index in [0.29, 0.717) is 0 Å². The minimum atomic E-state index is 0. The summed E-state index contributed by atoms with van der Waals surface area (Å²) in [5.41, 5.74) is 0. The van der Waals surface area contributed by atoms with Crippen LogP contribution in [-0.2, 0) is 0 Å². The number of nitrogens with one attached hydrogen (secondary N) is 2. The number of rotatable bonds is 5. The van der Waals surface area contributed by atoms with Gasteiger partial charge in [-0.05, 0) is 31.1 Å². The van der Waals surface area contributed by atoms with E-state index in [1.165, 1.54) is 51.4 Å². The SMILES string of the molecule is CN=C(NCCC1CCCCC1)NCC1CC1.I. The molecule has 106 valence electrons. The number of halogens is 1. The van der Waals surface area contributed by atoms with Crippen molar-refractivity contribution >= 4 is 29.9 Å². The summed E-state index contributed by atoms with van der Waals surface area (Å²) in [7, 11) is 1.86. The highest BCUT2D eigenvalue weighted by molar-refractivity contribution is 14.0. The monoisotopic (exact) mass is 365 g/mol. The molecule has 2 fully saturated rings. The molecule has 0 aromatic carbocycles. The van der Waals surface area contributed by atoms with E-state index in [2.05, 4.69) is 15.6 Å². The third kappa shape index (κ3) is 6.25. The van der Waals surface area contributed by atoms with Gasteiger partial charge in [0.2, 0.25) is 0 Å². The summed E-state index contributed by atoms with van der Waals surface area (Å²) in [5, 5.41) is 6.85. The van der Waals surface area contributed by atoms with Gasteiger partial charge in [0, 0.05) is 20.1 Å². The lowest BCUT2D eigenvalue weighted by molar-refractivity contribution is 0.339. The van der Waals surface area contributed by atoms with Crippen molar-refractivity contribution in [2.75, 3.05) is 20.1 Å².